The molecule has 2 N–H and O–H groups in total. The average molecular weight is 274 g/mol. The molecule has 0 saturated heterocycles. The zero-order chi connectivity index (χ0) is 12.3. The standard InChI is InChI=1S/C13H20ClNOS/c1-9-4-2-3-5-10(9)16-11(8-15)12-6-7-13(14)17-12/h6-7,9-11H,2-5,8,15H2,1H3. The Balaban J connectivity index is 1.99. The van der Waals surface area contributed by atoms with Crippen molar-refractivity contribution in [3.63, 3.8) is 0 Å². The van der Waals surface area contributed by atoms with Crippen LogP contribution in [-0.2, 0) is 4.74 Å². The van der Waals surface area contributed by atoms with E-state index in [0.717, 1.165) is 15.6 Å². The predicted octanol–water partition coefficient (Wildman–Crippen LogP) is 4.00. The van der Waals surface area contributed by atoms with Crippen LogP contribution < -0.4 is 5.73 Å². The van der Waals surface area contributed by atoms with Gasteiger partial charge in [0.25, 0.3) is 0 Å². The largest absolute Gasteiger partial charge is 0.368 e. The van der Waals surface area contributed by atoms with Crippen LogP contribution in [0.4, 0.5) is 0 Å². The molecule has 1 saturated carbocycles. The molecular weight excluding hydrogens is 254 g/mol. The smallest absolute Gasteiger partial charge is 0.104 e. The second kappa shape index (κ2) is 6.19. The molecule has 1 aromatic rings. The summed E-state index contributed by atoms with van der Waals surface area (Å²) in [6.45, 7) is 2.80. The Hall–Kier alpha value is -0.0900. The van der Waals surface area contributed by atoms with Gasteiger partial charge in [-0.3, -0.25) is 0 Å². The molecule has 2 rings (SSSR count). The molecule has 2 nitrogen and oxygen atoms in total. The lowest BCUT2D eigenvalue weighted by atomic mass is 9.88. The van der Waals surface area contributed by atoms with Crippen LogP contribution >= 0.6 is 22.9 Å². The SMILES string of the molecule is CC1CCCCC1OC(CN)c1ccc(Cl)s1. The zero-order valence-electron chi connectivity index (χ0n) is 10.2. The van der Waals surface area contributed by atoms with Crippen LogP contribution in [-0.4, -0.2) is 12.6 Å². The third-order valence-electron chi connectivity index (χ3n) is 3.50. The minimum Gasteiger partial charge on any atom is -0.368 e. The quantitative estimate of drug-likeness (QED) is 0.900. The van der Waals surface area contributed by atoms with E-state index in [0.29, 0.717) is 18.6 Å². The second-order valence-electron chi connectivity index (χ2n) is 4.80. The van der Waals surface area contributed by atoms with Crippen LogP contribution in [0.25, 0.3) is 0 Å². The molecule has 0 radical (unpaired) electrons. The van der Waals surface area contributed by atoms with E-state index in [1.165, 1.54) is 19.3 Å². The zero-order valence-corrected chi connectivity index (χ0v) is 11.8. The van der Waals surface area contributed by atoms with Crippen molar-refractivity contribution in [2.45, 2.75) is 44.8 Å². The van der Waals surface area contributed by atoms with Gasteiger partial charge in [0.15, 0.2) is 0 Å². The summed E-state index contributed by atoms with van der Waals surface area (Å²) in [6, 6.07) is 3.94. The Bertz CT molecular complexity index is 355. The molecule has 17 heavy (non-hydrogen) atoms. The Morgan fingerprint density at radius 3 is 2.82 bits per heavy atom. The summed E-state index contributed by atoms with van der Waals surface area (Å²) in [5, 5.41) is 0. The molecule has 0 spiro atoms. The maximum absolute atomic E-state index is 6.18. The maximum atomic E-state index is 6.18. The van der Waals surface area contributed by atoms with Crippen LogP contribution in [0.1, 0.15) is 43.6 Å². The lowest BCUT2D eigenvalue weighted by molar-refractivity contribution is -0.0519. The Labute approximate surface area is 112 Å². The number of thiophene rings is 1. The molecule has 1 aromatic heterocycles. The van der Waals surface area contributed by atoms with Crippen molar-refractivity contribution in [3.05, 3.63) is 21.3 Å². The average Bonchev–Trinajstić information content (AvgIpc) is 2.75. The fourth-order valence-corrected chi connectivity index (χ4v) is 3.55. The molecule has 3 atom stereocenters. The summed E-state index contributed by atoms with van der Waals surface area (Å²) < 4.78 is 6.98. The highest BCUT2D eigenvalue weighted by Crippen LogP contribution is 2.33. The first-order valence-electron chi connectivity index (χ1n) is 6.31. The van der Waals surface area contributed by atoms with Gasteiger partial charge < -0.3 is 10.5 Å². The van der Waals surface area contributed by atoms with Crippen LogP contribution in [0.15, 0.2) is 12.1 Å². The molecule has 3 unspecified atom stereocenters. The molecule has 0 bridgehead atoms. The van der Waals surface area contributed by atoms with Gasteiger partial charge in [0, 0.05) is 11.4 Å². The minimum atomic E-state index is 0.0121. The van der Waals surface area contributed by atoms with Gasteiger partial charge in [-0.1, -0.05) is 31.4 Å². The highest BCUT2D eigenvalue weighted by atomic mass is 35.5. The van der Waals surface area contributed by atoms with Crippen molar-refractivity contribution < 1.29 is 4.74 Å². The van der Waals surface area contributed by atoms with Crippen molar-refractivity contribution in [1.82, 2.24) is 0 Å². The summed E-state index contributed by atoms with van der Waals surface area (Å²) in [4.78, 5) is 1.15. The first kappa shape index (κ1) is 13.3. The van der Waals surface area contributed by atoms with Gasteiger partial charge in [0.05, 0.1) is 10.4 Å². The predicted molar refractivity (Wildman–Crippen MR) is 73.6 cm³/mol. The van der Waals surface area contributed by atoms with Crippen LogP contribution in [0.2, 0.25) is 4.34 Å². The van der Waals surface area contributed by atoms with E-state index in [2.05, 4.69) is 6.92 Å². The third kappa shape index (κ3) is 3.44. The summed E-state index contributed by atoms with van der Waals surface area (Å²) in [6.07, 6.45) is 5.41. The molecule has 1 fully saturated rings. The van der Waals surface area contributed by atoms with Gasteiger partial charge in [0.2, 0.25) is 0 Å². The van der Waals surface area contributed by atoms with Gasteiger partial charge in [-0.2, -0.15) is 0 Å². The first-order chi connectivity index (χ1) is 8.20. The molecule has 0 amide bonds. The van der Waals surface area contributed by atoms with E-state index in [1.807, 2.05) is 12.1 Å². The monoisotopic (exact) mass is 273 g/mol. The van der Waals surface area contributed by atoms with Gasteiger partial charge in [-0.15, -0.1) is 11.3 Å². The Morgan fingerprint density at radius 1 is 1.47 bits per heavy atom. The van der Waals surface area contributed by atoms with E-state index in [1.54, 1.807) is 11.3 Å². The summed E-state index contributed by atoms with van der Waals surface area (Å²) >= 11 is 7.53. The highest BCUT2D eigenvalue weighted by Gasteiger charge is 2.25. The number of hydrogen-bond donors (Lipinski definition) is 1. The number of nitrogens with two attached hydrogens (primary N) is 1. The van der Waals surface area contributed by atoms with Crippen molar-refractivity contribution in [2.75, 3.05) is 6.54 Å². The normalized spacial score (nSPS) is 27.0. The third-order valence-corrected chi connectivity index (χ3v) is 4.82. The van der Waals surface area contributed by atoms with Crippen molar-refractivity contribution in [1.29, 1.82) is 0 Å². The van der Waals surface area contributed by atoms with E-state index >= 15 is 0 Å². The van der Waals surface area contributed by atoms with E-state index in [9.17, 15) is 0 Å². The lowest BCUT2D eigenvalue weighted by Crippen LogP contribution is -2.29. The topological polar surface area (TPSA) is 35.2 Å². The summed E-state index contributed by atoms with van der Waals surface area (Å²) in [5.41, 5.74) is 5.82. The number of halogens is 1. The fraction of sp³-hybridized carbons (Fsp3) is 0.692. The van der Waals surface area contributed by atoms with E-state index < -0.39 is 0 Å². The fourth-order valence-electron chi connectivity index (χ4n) is 2.44. The molecule has 1 aliphatic carbocycles. The summed E-state index contributed by atoms with van der Waals surface area (Å²) in [5.74, 6) is 0.647. The molecular formula is C13H20ClNOS. The van der Waals surface area contributed by atoms with Gasteiger partial charge in [0.1, 0.15) is 6.10 Å². The lowest BCUT2D eigenvalue weighted by Gasteiger charge is -2.31. The van der Waals surface area contributed by atoms with Crippen LogP contribution in [0.5, 0.6) is 0 Å². The highest BCUT2D eigenvalue weighted by molar-refractivity contribution is 7.16. The van der Waals surface area contributed by atoms with Crippen molar-refractivity contribution in [3.8, 4) is 0 Å². The number of rotatable bonds is 4. The van der Waals surface area contributed by atoms with E-state index in [-0.39, 0.29) is 6.10 Å². The molecule has 1 heterocycles. The van der Waals surface area contributed by atoms with Gasteiger partial charge >= 0.3 is 0 Å². The van der Waals surface area contributed by atoms with Crippen LogP contribution in [0, 0.1) is 5.92 Å². The van der Waals surface area contributed by atoms with Gasteiger partial charge in [-0.05, 0) is 30.9 Å². The van der Waals surface area contributed by atoms with Gasteiger partial charge in [-0.25, -0.2) is 0 Å². The molecule has 96 valence electrons. The van der Waals surface area contributed by atoms with Crippen molar-refractivity contribution in [2.24, 2.45) is 11.7 Å². The first-order valence-corrected chi connectivity index (χ1v) is 7.51. The number of hydrogen-bond acceptors (Lipinski definition) is 3. The number of ether oxygens (including phenoxy) is 1. The maximum Gasteiger partial charge on any atom is 0.104 e. The second-order valence-corrected chi connectivity index (χ2v) is 6.55. The minimum absolute atomic E-state index is 0.0121. The molecule has 0 aromatic carbocycles. The molecule has 4 heteroatoms. The Morgan fingerprint density at radius 2 is 2.24 bits per heavy atom. The van der Waals surface area contributed by atoms with E-state index in [4.69, 9.17) is 22.1 Å². The molecule has 0 aliphatic heterocycles. The summed E-state index contributed by atoms with van der Waals surface area (Å²) in [7, 11) is 0. The Kier molecular flexibility index (Phi) is 4.86. The van der Waals surface area contributed by atoms with Crippen molar-refractivity contribution >= 4 is 22.9 Å². The van der Waals surface area contributed by atoms with Crippen LogP contribution in [0.3, 0.4) is 0 Å². The molecule has 1 aliphatic rings.